The number of rotatable bonds is 5. The second-order valence-corrected chi connectivity index (χ2v) is 6.18. The summed E-state index contributed by atoms with van der Waals surface area (Å²) in [6, 6.07) is 0. The molecule has 0 amide bonds. The lowest BCUT2D eigenvalue weighted by molar-refractivity contribution is 0.145. The second-order valence-electron chi connectivity index (χ2n) is 6.18. The summed E-state index contributed by atoms with van der Waals surface area (Å²) < 4.78 is 0. The molecule has 2 N–H and O–H groups in total. The Morgan fingerprint density at radius 2 is 1.95 bits per heavy atom. The summed E-state index contributed by atoms with van der Waals surface area (Å²) in [5.41, 5.74) is 1.12. The molecule has 1 aromatic rings. The lowest BCUT2D eigenvalue weighted by atomic mass is 10.1. The van der Waals surface area contributed by atoms with E-state index in [0.717, 1.165) is 61.9 Å². The largest absolute Gasteiger partial charge is 0.393 e. The first-order valence-electron chi connectivity index (χ1n) is 8.08. The SMILES string of the molecule is CCCNc1nc(C(C)C)nc(N2CCC(O)CC2)c1C. The maximum Gasteiger partial charge on any atom is 0.137 e. The van der Waals surface area contributed by atoms with Gasteiger partial charge in [0.05, 0.1) is 6.10 Å². The molecular weight excluding hydrogens is 264 g/mol. The number of nitrogens with one attached hydrogen (secondary N) is 1. The van der Waals surface area contributed by atoms with Crippen LogP contribution in [0, 0.1) is 6.92 Å². The van der Waals surface area contributed by atoms with Gasteiger partial charge in [0, 0.05) is 31.1 Å². The number of anilines is 2. The van der Waals surface area contributed by atoms with Crippen LogP contribution < -0.4 is 10.2 Å². The van der Waals surface area contributed by atoms with Gasteiger partial charge in [0.25, 0.3) is 0 Å². The molecule has 1 aromatic heterocycles. The summed E-state index contributed by atoms with van der Waals surface area (Å²) in [6.07, 6.45) is 2.55. The molecule has 0 atom stereocenters. The highest BCUT2D eigenvalue weighted by Gasteiger charge is 2.22. The minimum Gasteiger partial charge on any atom is -0.393 e. The van der Waals surface area contributed by atoms with E-state index in [2.05, 4.69) is 42.9 Å². The van der Waals surface area contributed by atoms with Crippen LogP contribution in [0.2, 0.25) is 0 Å². The fraction of sp³-hybridized carbons (Fsp3) is 0.750. The molecule has 0 saturated carbocycles. The van der Waals surface area contributed by atoms with Crippen molar-refractivity contribution in [1.82, 2.24) is 9.97 Å². The van der Waals surface area contributed by atoms with E-state index in [0.29, 0.717) is 5.92 Å². The molecule has 2 heterocycles. The van der Waals surface area contributed by atoms with E-state index < -0.39 is 0 Å². The van der Waals surface area contributed by atoms with Crippen molar-refractivity contribution in [2.45, 2.75) is 59.0 Å². The third-order valence-corrected chi connectivity index (χ3v) is 3.96. The number of nitrogens with zero attached hydrogens (tertiary/aromatic N) is 3. The molecule has 0 unspecified atom stereocenters. The van der Waals surface area contributed by atoms with Crippen molar-refractivity contribution < 1.29 is 5.11 Å². The minimum absolute atomic E-state index is 0.161. The third-order valence-electron chi connectivity index (χ3n) is 3.96. The zero-order valence-electron chi connectivity index (χ0n) is 13.7. The zero-order valence-corrected chi connectivity index (χ0v) is 13.7. The Hall–Kier alpha value is -1.36. The van der Waals surface area contributed by atoms with Gasteiger partial charge in [0.15, 0.2) is 0 Å². The van der Waals surface area contributed by atoms with Crippen molar-refractivity contribution in [2.24, 2.45) is 0 Å². The third kappa shape index (κ3) is 3.84. The molecule has 5 heteroatoms. The Labute approximate surface area is 127 Å². The van der Waals surface area contributed by atoms with Crippen LogP contribution in [0.5, 0.6) is 0 Å². The Kier molecular flexibility index (Phi) is 5.39. The summed E-state index contributed by atoms with van der Waals surface area (Å²) >= 11 is 0. The lowest BCUT2D eigenvalue weighted by Gasteiger charge is -2.32. The van der Waals surface area contributed by atoms with Gasteiger partial charge in [0.1, 0.15) is 17.5 Å². The first kappa shape index (κ1) is 16.0. The Balaban J connectivity index is 2.31. The Bertz CT molecular complexity index is 468. The highest BCUT2D eigenvalue weighted by Crippen LogP contribution is 2.28. The van der Waals surface area contributed by atoms with Crippen molar-refractivity contribution in [3.8, 4) is 0 Å². The van der Waals surface area contributed by atoms with E-state index in [1.807, 2.05) is 0 Å². The molecule has 0 aliphatic carbocycles. The van der Waals surface area contributed by atoms with Crippen LogP contribution in [0.25, 0.3) is 0 Å². The molecule has 2 rings (SSSR count). The van der Waals surface area contributed by atoms with E-state index in [9.17, 15) is 5.11 Å². The number of hydrogen-bond donors (Lipinski definition) is 2. The molecule has 118 valence electrons. The molecule has 5 nitrogen and oxygen atoms in total. The molecule has 0 aromatic carbocycles. The maximum atomic E-state index is 9.68. The molecule has 0 radical (unpaired) electrons. The summed E-state index contributed by atoms with van der Waals surface area (Å²) in [5.74, 6) is 3.18. The number of aliphatic hydroxyl groups is 1. The quantitative estimate of drug-likeness (QED) is 0.873. The molecule has 0 bridgehead atoms. The summed E-state index contributed by atoms with van der Waals surface area (Å²) in [7, 11) is 0. The lowest BCUT2D eigenvalue weighted by Crippen LogP contribution is -2.37. The van der Waals surface area contributed by atoms with E-state index in [1.54, 1.807) is 0 Å². The van der Waals surface area contributed by atoms with Crippen molar-refractivity contribution in [1.29, 1.82) is 0 Å². The Morgan fingerprint density at radius 3 is 2.52 bits per heavy atom. The maximum absolute atomic E-state index is 9.68. The van der Waals surface area contributed by atoms with Gasteiger partial charge < -0.3 is 15.3 Å². The highest BCUT2D eigenvalue weighted by atomic mass is 16.3. The van der Waals surface area contributed by atoms with Gasteiger partial charge in [-0.1, -0.05) is 20.8 Å². The molecule has 1 aliphatic heterocycles. The van der Waals surface area contributed by atoms with E-state index in [-0.39, 0.29) is 6.10 Å². The van der Waals surface area contributed by atoms with Crippen molar-refractivity contribution >= 4 is 11.6 Å². The van der Waals surface area contributed by atoms with Gasteiger partial charge in [-0.2, -0.15) is 0 Å². The van der Waals surface area contributed by atoms with Gasteiger partial charge in [-0.05, 0) is 26.2 Å². The molecule has 1 fully saturated rings. The molecular formula is C16H28N4O. The first-order chi connectivity index (χ1) is 10.0. The molecule has 0 spiro atoms. The van der Waals surface area contributed by atoms with Gasteiger partial charge >= 0.3 is 0 Å². The van der Waals surface area contributed by atoms with Crippen LogP contribution >= 0.6 is 0 Å². The predicted octanol–water partition coefficient (Wildman–Crippen LogP) is 2.69. The van der Waals surface area contributed by atoms with Crippen LogP contribution in [0.3, 0.4) is 0 Å². The number of piperidine rings is 1. The summed E-state index contributed by atoms with van der Waals surface area (Å²) in [6.45, 7) is 11.1. The summed E-state index contributed by atoms with van der Waals surface area (Å²) in [5, 5.41) is 13.1. The average Bonchev–Trinajstić information content (AvgIpc) is 2.47. The van der Waals surface area contributed by atoms with Crippen LogP contribution in [0.15, 0.2) is 0 Å². The predicted molar refractivity (Wildman–Crippen MR) is 87.1 cm³/mol. The normalized spacial score (nSPS) is 16.6. The van der Waals surface area contributed by atoms with E-state index in [1.165, 1.54) is 0 Å². The van der Waals surface area contributed by atoms with Gasteiger partial charge in [-0.25, -0.2) is 9.97 Å². The first-order valence-corrected chi connectivity index (χ1v) is 8.08. The molecule has 21 heavy (non-hydrogen) atoms. The van der Waals surface area contributed by atoms with Gasteiger partial charge in [-0.15, -0.1) is 0 Å². The van der Waals surface area contributed by atoms with Gasteiger partial charge in [-0.3, -0.25) is 0 Å². The van der Waals surface area contributed by atoms with Gasteiger partial charge in [0.2, 0.25) is 0 Å². The fourth-order valence-electron chi connectivity index (χ4n) is 2.58. The van der Waals surface area contributed by atoms with Crippen molar-refractivity contribution in [3.05, 3.63) is 11.4 Å². The van der Waals surface area contributed by atoms with Crippen LogP contribution in [0.1, 0.15) is 57.3 Å². The fourth-order valence-corrected chi connectivity index (χ4v) is 2.58. The summed E-state index contributed by atoms with van der Waals surface area (Å²) in [4.78, 5) is 11.7. The molecule has 1 aliphatic rings. The monoisotopic (exact) mass is 292 g/mol. The minimum atomic E-state index is -0.161. The highest BCUT2D eigenvalue weighted by molar-refractivity contribution is 5.59. The average molecular weight is 292 g/mol. The smallest absolute Gasteiger partial charge is 0.137 e. The number of aromatic nitrogens is 2. The topological polar surface area (TPSA) is 61.3 Å². The van der Waals surface area contributed by atoms with Crippen LogP contribution in [0.4, 0.5) is 11.6 Å². The Morgan fingerprint density at radius 1 is 1.29 bits per heavy atom. The number of hydrogen-bond acceptors (Lipinski definition) is 5. The van der Waals surface area contributed by atoms with E-state index >= 15 is 0 Å². The van der Waals surface area contributed by atoms with E-state index in [4.69, 9.17) is 4.98 Å². The molecule has 1 saturated heterocycles. The number of aliphatic hydroxyl groups excluding tert-OH is 1. The second kappa shape index (κ2) is 7.07. The van der Waals surface area contributed by atoms with Crippen molar-refractivity contribution in [2.75, 3.05) is 29.9 Å². The standard InChI is InChI=1S/C16H28N4O/c1-5-8-17-15-12(4)16(19-14(18-15)11(2)3)20-9-6-13(21)7-10-20/h11,13,21H,5-10H2,1-4H3,(H,17,18,19). The van der Waals surface area contributed by atoms with Crippen molar-refractivity contribution in [3.63, 3.8) is 0 Å². The van der Waals surface area contributed by atoms with Crippen LogP contribution in [-0.2, 0) is 0 Å². The van der Waals surface area contributed by atoms with Crippen LogP contribution in [-0.4, -0.2) is 40.8 Å². The zero-order chi connectivity index (χ0) is 15.4.